The number of nitrogens with zero attached hydrogens (tertiary/aromatic N) is 1. The molecule has 0 radical (unpaired) electrons. The summed E-state index contributed by atoms with van der Waals surface area (Å²) in [5.41, 5.74) is 0. The van der Waals surface area contributed by atoms with Gasteiger partial charge in [0, 0.05) is 32.1 Å². The number of hydrogen-bond donors (Lipinski definition) is 3. The van der Waals surface area contributed by atoms with Crippen molar-refractivity contribution in [3.05, 3.63) is 0 Å². The summed E-state index contributed by atoms with van der Waals surface area (Å²) in [5, 5.41) is 9.08. The van der Waals surface area contributed by atoms with Crippen molar-refractivity contribution in [3.8, 4) is 0 Å². The Balaban J connectivity index is 0.00000288. The van der Waals surface area contributed by atoms with E-state index in [9.17, 15) is 9.59 Å². The standard InChI is InChI=1S/C17H32N4O2.ClH/c1-18-12-14-9-11-21(13-14)16(22)8-5-10-19-17(23)20-15-6-3-2-4-7-15;/h14-15,18H,2-13H2,1H3,(H2,19,20,23);1H. The highest BCUT2D eigenvalue weighted by atomic mass is 35.5. The number of carbonyl (C=O) groups is 2. The fraction of sp³-hybridized carbons (Fsp3) is 0.882. The Kier molecular flexibility index (Phi) is 10.1. The fourth-order valence-corrected chi connectivity index (χ4v) is 3.60. The number of amides is 3. The molecule has 0 aromatic heterocycles. The minimum absolute atomic E-state index is 0. The van der Waals surface area contributed by atoms with E-state index >= 15 is 0 Å². The summed E-state index contributed by atoms with van der Waals surface area (Å²) in [5.74, 6) is 0.807. The molecule has 0 aromatic rings. The maximum Gasteiger partial charge on any atom is 0.315 e. The first-order chi connectivity index (χ1) is 11.2. The third-order valence-electron chi connectivity index (χ3n) is 4.92. The van der Waals surface area contributed by atoms with Crippen LogP contribution in [0.25, 0.3) is 0 Å². The van der Waals surface area contributed by atoms with Gasteiger partial charge in [0.1, 0.15) is 0 Å². The van der Waals surface area contributed by atoms with Crippen molar-refractivity contribution in [1.82, 2.24) is 20.9 Å². The van der Waals surface area contributed by atoms with Gasteiger partial charge in [-0.05, 0) is 45.2 Å². The SMILES string of the molecule is CNCC1CCN(C(=O)CCCNC(=O)NC2CCCCC2)C1.Cl. The number of urea groups is 1. The Bertz CT molecular complexity index is 389. The minimum atomic E-state index is -0.0837. The highest BCUT2D eigenvalue weighted by molar-refractivity contribution is 5.85. The normalized spacial score (nSPS) is 21.2. The average Bonchev–Trinajstić information content (AvgIpc) is 3.01. The number of likely N-dealkylation sites (tertiary alicyclic amines) is 1. The quantitative estimate of drug-likeness (QED) is 0.607. The number of hydrogen-bond acceptors (Lipinski definition) is 3. The first-order valence-electron chi connectivity index (χ1n) is 9.15. The van der Waals surface area contributed by atoms with Gasteiger partial charge in [0.2, 0.25) is 5.91 Å². The fourth-order valence-electron chi connectivity index (χ4n) is 3.60. The maximum atomic E-state index is 12.1. The zero-order valence-electron chi connectivity index (χ0n) is 14.8. The van der Waals surface area contributed by atoms with Crippen LogP contribution < -0.4 is 16.0 Å². The van der Waals surface area contributed by atoms with Crippen LogP contribution in [0.2, 0.25) is 0 Å². The lowest BCUT2D eigenvalue weighted by Crippen LogP contribution is -2.43. The Hall–Kier alpha value is -1.01. The Morgan fingerprint density at radius 1 is 1.12 bits per heavy atom. The monoisotopic (exact) mass is 360 g/mol. The Morgan fingerprint density at radius 3 is 2.58 bits per heavy atom. The van der Waals surface area contributed by atoms with Crippen LogP contribution in [0.3, 0.4) is 0 Å². The lowest BCUT2D eigenvalue weighted by molar-refractivity contribution is -0.130. The van der Waals surface area contributed by atoms with Gasteiger partial charge < -0.3 is 20.9 Å². The molecule has 0 spiro atoms. The van der Waals surface area contributed by atoms with Crippen molar-refractivity contribution >= 4 is 24.3 Å². The first kappa shape index (κ1) is 21.0. The predicted octanol–water partition coefficient (Wildman–Crippen LogP) is 1.89. The van der Waals surface area contributed by atoms with E-state index in [1.54, 1.807) is 0 Å². The second-order valence-corrected chi connectivity index (χ2v) is 6.89. The van der Waals surface area contributed by atoms with E-state index in [1.165, 1.54) is 19.3 Å². The molecule has 1 aliphatic heterocycles. The van der Waals surface area contributed by atoms with Crippen molar-refractivity contribution < 1.29 is 9.59 Å². The summed E-state index contributed by atoms with van der Waals surface area (Å²) in [4.78, 5) is 25.9. The molecule has 1 saturated carbocycles. The van der Waals surface area contributed by atoms with Gasteiger partial charge in [0.15, 0.2) is 0 Å². The van der Waals surface area contributed by atoms with Crippen LogP contribution in [0.15, 0.2) is 0 Å². The summed E-state index contributed by atoms with van der Waals surface area (Å²) in [6, 6.07) is 0.249. The molecule has 2 fully saturated rings. The van der Waals surface area contributed by atoms with Crippen molar-refractivity contribution in [2.24, 2.45) is 5.92 Å². The molecule has 1 unspecified atom stereocenters. The number of nitrogens with one attached hydrogen (secondary N) is 3. The van der Waals surface area contributed by atoms with Gasteiger partial charge in [0.05, 0.1) is 0 Å². The van der Waals surface area contributed by atoms with Gasteiger partial charge in [0.25, 0.3) is 0 Å². The van der Waals surface area contributed by atoms with Crippen molar-refractivity contribution in [3.63, 3.8) is 0 Å². The third kappa shape index (κ3) is 7.26. The number of rotatable bonds is 7. The molecule has 6 nitrogen and oxygen atoms in total. The molecule has 7 heteroatoms. The third-order valence-corrected chi connectivity index (χ3v) is 4.92. The first-order valence-corrected chi connectivity index (χ1v) is 9.15. The van der Waals surface area contributed by atoms with Crippen LogP contribution in [-0.2, 0) is 4.79 Å². The zero-order chi connectivity index (χ0) is 16.5. The summed E-state index contributed by atoms with van der Waals surface area (Å²) in [6.07, 6.45) is 8.22. The van der Waals surface area contributed by atoms with Crippen molar-refractivity contribution in [2.75, 3.05) is 33.2 Å². The molecule has 1 heterocycles. The van der Waals surface area contributed by atoms with E-state index < -0.39 is 0 Å². The summed E-state index contributed by atoms with van der Waals surface area (Å²) in [7, 11) is 1.95. The number of carbonyl (C=O) groups excluding carboxylic acids is 2. The van der Waals surface area contributed by atoms with Crippen LogP contribution >= 0.6 is 12.4 Å². The highest BCUT2D eigenvalue weighted by Gasteiger charge is 2.25. The minimum Gasteiger partial charge on any atom is -0.342 e. The Labute approximate surface area is 151 Å². The molecule has 2 rings (SSSR count). The van der Waals surface area contributed by atoms with Crippen LogP contribution in [0.1, 0.15) is 51.4 Å². The molecule has 0 aromatic carbocycles. The lowest BCUT2D eigenvalue weighted by atomic mass is 9.96. The van der Waals surface area contributed by atoms with Crippen LogP contribution in [-0.4, -0.2) is 56.1 Å². The average molecular weight is 361 g/mol. The summed E-state index contributed by atoms with van der Waals surface area (Å²) in [6.45, 7) is 3.29. The molecule has 1 aliphatic carbocycles. The van der Waals surface area contributed by atoms with Gasteiger partial charge in [-0.3, -0.25) is 4.79 Å². The van der Waals surface area contributed by atoms with E-state index in [0.29, 0.717) is 31.3 Å². The second-order valence-electron chi connectivity index (χ2n) is 6.89. The van der Waals surface area contributed by atoms with Crippen molar-refractivity contribution in [1.29, 1.82) is 0 Å². The topological polar surface area (TPSA) is 73.5 Å². The van der Waals surface area contributed by atoms with Gasteiger partial charge in [-0.1, -0.05) is 19.3 Å². The van der Waals surface area contributed by atoms with E-state index in [4.69, 9.17) is 0 Å². The highest BCUT2D eigenvalue weighted by Crippen LogP contribution is 2.17. The molecule has 0 bridgehead atoms. The van der Waals surface area contributed by atoms with Crippen LogP contribution in [0.5, 0.6) is 0 Å². The van der Waals surface area contributed by atoms with Crippen LogP contribution in [0.4, 0.5) is 4.79 Å². The van der Waals surface area contributed by atoms with E-state index in [2.05, 4.69) is 16.0 Å². The molecule has 1 saturated heterocycles. The Morgan fingerprint density at radius 2 is 1.88 bits per heavy atom. The molecule has 1 atom stereocenters. The van der Waals surface area contributed by atoms with Gasteiger partial charge in [-0.15, -0.1) is 12.4 Å². The summed E-state index contributed by atoms with van der Waals surface area (Å²) >= 11 is 0. The largest absolute Gasteiger partial charge is 0.342 e. The van der Waals surface area contributed by atoms with Gasteiger partial charge >= 0.3 is 6.03 Å². The molecule has 24 heavy (non-hydrogen) atoms. The van der Waals surface area contributed by atoms with E-state index in [-0.39, 0.29) is 24.3 Å². The molecular weight excluding hydrogens is 328 g/mol. The van der Waals surface area contributed by atoms with E-state index in [0.717, 1.165) is 38.9 Å². The molecule has 3 N–H and O–H groups in total. The lowest BCUT2D eigenvalue weighted by Gasteiger charge is -2.22. The molecule has 3 amide bonds. The van der Waals surface area contributed by atoms with Gasteiger partial charge in [-0.2, -0.15) is 0 Å². The summed E-state index contributed by atoms with van der Waals surface area (Å²) < 4.78 is 0. The molecule has 2 aliphatic rings. The zero-order valence-corrected chi connectivity index (χ0v) is 15.6. The number of halogens is 1. The smallest absolute Gasteiger partial charge is 0.315 e. The second kappa shape index (κ2) is 11.5. The van der Waals surface area contributed by atoms with Crippen molar-refractivity contribution in [2.45, 2.75) is 57.4 Å². The van der Waals surface area contributed by atoms with Gasteiger partial charge in [-0.25, -0.2) is 4.79 Å². The maximum absolute atomic E-state index is 12.1. The van der Waals surface area contributed by atoms with E-state index in [1.807, 2.05) is 11.9 Å². The molecular formula is C17H33ClN4O2. The predicted molar refractivity (Wildman–Crippen MR) is 98.5 cm³/mol. The van der Waals surface area contributed by atoms with Crippen LogP contribution in [0, 0.1) is 5.92 Å². The molecule has 140 valence electrons.